The van der Waals surface area contributed by atoms with E-state index in [1.54, 1.807) is 0 Å². The average molecular weight is 233 g/mol. The van der Waals surface area contributed by atoms with E-state index in [1.807, 2.05) is 39.1 Å². The summed E-state index contributed by atoms with van der Waals surface area (Å²) in [4.78, 5) is 14.5. The van der Waals surface area contributed by atoms with Crippen molar-refractivity contribution in [3.05, 3.63) is 34.9 Å². The van der Waals surface area contributed by atoms with Crippen molar-refractivity contribution in [2.24, 2.45) is 0 Å². The minimum absolute atomic E-state index is 0.106. The lowest BCUT2D eigenvalue weighted by Crippen LogP contribution is -2.44. The number of Topliss-reactive ketones (excluding diaryl/α,β-unsaturated/α-hetero) is 1. The first kappa shape index (κ1) is 12.3. The van der Waals surface area contributed by atoms with E-state index < -0.39 is 0 Å². The third kappa shape index (κ3) is 2.73. The van der Waals surface area contributed by atoms with Gasteiger partial charge in [0.05, 0.1) is 6.61 Å². The van der Waals surface area contributed by atoms with Crippen molar-refractivity contribution in [2.45, 2.75) is 20.0 Å². The maximum atomic E-state index is 12.3. The fourth-order valence-electron chi connectivity index (χ4n) is 2.20. The number of hydrogen-bond acceptors (Lipinski definition) is 3. The molecule has 1 fully saturated rings. The summed E-state index contributed by atoms with van der Waals surface area (Å²) in [6.07, 6.45) is -0.310. The number of ether oxygens (including phenoxy) is 1. The van der Waals surface area contributed by atoms with Gasteiger partial charge in [0.2, 0.25) is 0 Å². The monoisotopic (exact) mass is 233 g/mol. The van der Waals surface area contributed by atoms with Gasteiger partial charge in [-0.2, -0.15) is 0 Å². The van der Waals surface area contributed by atoms with Gasteiger partial charge in [0, 0.05) is 18.7 Å². The summed E-state index contributed by atoms with van der Waals surface area (Å²) in [6.45, 7) is 6.24. The van der Waals surface area contributed by atoms with E-state index in [1.165, 1.54) is 5.56 Å². The topological polar surface area (TPSA) is 29.5 Å². The van der Waals surface area contributed by atoms with Crippen LogP contribution in [-0.4, -0.2) is 43.5 Å². The Labute approximate surface area is 102 Å². The summed E-state index contributed by atoms with van der Waals surface area (Å²) < 4.78 is 5.56. The summed E-state index contributed by atoms with van der Waals surface area (Å²) in [6, 6.07) is 5.93. The van der Waals surface area contributed by atoms with Gasteiger partial charge in [-0.05, 0) is 26.5 Å². The van der Waals surface area contributed by atoms with Crippen molar-refractivity contribution in [2.75, 3.05) is 26.7 Å². The van der Waals surface area contributed by atoms with Crippen LogP contribution in [-0.2, 0) is 4.74 Å². The molecule has 0 bridgehead atoms. The molecule has 17 heavy (non-hydrogen) atoms. The summed E-state index contributed by atoms with van der Waals surface area (Å²) in [5.41, 5.74) is 3.00. The van der Waals surface area contributed by atoms with Crippen molar-refractivity contribution < 1.29 is 9.53 Å². The molecule has 1 saturated heterocycles. The fraction of sp³-hybridized carbons (Fsp3) is 0.500. The van der Waals surface area contributed by atoms with Crippen molar-refractivity contribution in [1.29, 1.82) is 0 Å². The average Bonchev–Trinajstić information content (AvgIpc) is 2.28. The molecule has 1 unspecified atom stereocenters. The molecule has 0 spiro atoms. The van der Waals surface area contributed by atoms with Gasteiger partial charge in [0.15, 0.2) is 5.78 Å². The molecule has 1 aliphatic heterocycles. The number of carbonyl (C=O) groups excluding carboxylic acids is 1. The smallest absolute Gasteiger partial charge is 0.193 e. The number of carbonyl (C=O) groups is 1. The minimum Gasteiger partial charge on any atom is -0.367 e. The predicted octanol–water partition coefficient (Wildman–Crippen LogP) is 1.82. The van der Waals surface area contributed by atoms with E-state index in [2.05, 4.69) is 4.90 Å². The van der Waals surface area contributed by atoms with E-state index in [4.69, 9.17) is 4.74 Å². The Hall–Kier alpha value is -1.19. The molecule has 1 atom stereocenters. The molecule has 0 amide bonds. The molecule has 2 rings (SSSR count). The van der Waals surface area contributed by atoms with E-state index in [-0.39, 0.29) is 11.9 Å². The molecule has 0 aromatic heterocycles. The van der Waals surface area contributed by atoms with Crippen LogP contribution < -0.4 is 0 Å². The van der Waals surface area contributed by atoms with Crippen LogP contribution in [0.1, 0.15) is 21.5 Å². The van der Waals surface area contributed by atoms with Crippen LogP contribution in [0.15, 0.2) is 18.2 Å². The van der Waals surface area contributed by atoms with Crippen molar-refractivity contribution in [3.8, 4) is 0 Å². The molecule has 1 aromatic rings. The number of aryl methyl sites for hydroxylation is 2. The summed E-state index contributed by atoms with van der Waals surface area (Å²) in [5, 5.41) is 0. The Morgan fingerprint density at radius 2 is 2.18 bits per heavy atom. The molecule has 0 saturated carbocycles. The number of benzene rings is 1. The Morgan fingerprint density at radius 1 is 1.41 bits per heavy atom. The first-order valence-electron chi connectivity index (χ1n) is 5.99. The van der Waals surface area contributed by atoms with Crippen LogP contribution in [0, 0.1) is 13.8 Å². The highest BCUT2D eigenvalue weighted by Crippen LogP contribution is 2.16. The number of ketones is 1. The molecule has 0 radical (unpaired) electrons. The molecular weight excluding hydrogens is 214 g/mol. The van der Waals surface area contributed by atoms with Gasteiger partial charge in [-0.25, -0.2) is 0 Å². The number of hydrogen-bond donors (Lipinski definition) is 0. The molecule has 3 heteroatoms. The lowest BCUT2D eigenvalue weighted by atomic mass is 9.98. The quantitative estimate of drug-likeness (QED) is 0.730. The fourth-order valence-corrected chi connectivity index (χ4v) is 2.20. The van der Waals surface area contributed by atoms with Gasteiger partial charge in [-0.3, -0.25) is 4.79 Å². The first-order chi connectivity index (χ1) is 8.08. The molecule has 3 nitrogen and oxygen atoms in total. The van der Waals surface area contributed by atoms with E-state index >= 15 is 0 Å². The molecule has 0 aliphatic carbocycles. The molecule has 1 aliphatic rings. The van der Waals surface area contributed by atoms with Crippen LogP contribution in [0.4, 0.5) is 0 Å². The largest absolute Gasteiger partial charge is 0.367 e. The van der Waals surface area contributed by atoms with Gasteiger partial charge in [-0.1, -0.05) is 23.8 Å². The standard InChI is InChI=1S/C14H19NO2/c1-10-4-5-12(11(2)8-10)14(16)13-9-15(3)6-7-17-13/h4-5,8,13H,6-7,9H2,1-3H3. The van der Waals surface area contributed by atoms with E-state index in [0.717, 1.165) is 17.7 Å². The zero-order valence-corrected chi connectivity index (χ0v) is 10.7. The van der Waals surface area contributed by atoms with Crippen molar-refractivity contribution in [1.82, 2.24) is 4.90 Å². The summed E-state index contributed by atoms with van der Waals surface area (Å²) in [7, 11) is 2.02. The molecule has 1 heterocycles. The van der Waals surface area contributed by atoms with Crippen LogP contribution in [0.25, 0.3) is 0 Å². The Kier molecular flexibility index (Phi) is 3.60. The number of nitrogens with zero attached hydrogens (tertiary/aromatic N) is 1. The molecule has 92 valence electrons. The summed E-state index contributed by atoms with van der Waals surface area (Å²) >= 11 is 0. The van der Waals surface area contributed by atoms with Gasteiger partial charge >= 0.3 is 0 Å². The highest BCUT2D eigenvalue weighted by Gasteiger charge is 2.26. The van der Waals surface area contributed by atoms with Crippen LogP contribution in [0.3, 0.4) is 0 Å². The predicted molar refractivity (Wildman–Crippen MR) is 67.5 cm³/mol. The van der Waals surface area contributed by atoms with E-state index in [9.17, 15) is 4.79 Å². The van der Waals surface area contributed by atoms with E-state index in [0.29, 0.717) is 13.2 Å². The highest BCUT2D eigenvalue weighted by atomic mass is 16.5. The third-order valence-corrected chi connectivity index (χ3v) is 3.21. The zero-order chi connectivity index (χ0) is 12.4. The van der Waals surface area contributed by atoms with Gasteiger partial charge in [0.1, 0.15) is 6.10 Å². The molecule has 0 N–H and O–H groups in total. The molecule has 1 aromatic carbocycles. The third-order valence-electron chi connectivity index (χ3n) is 3.21. The van der Waals surface area contributed by atoms with Gasteiger partial charge in [0.25, 0.3) is 0 Å². The Bertz CT molecular complexity index is 428. The second-order valence-corrected chi connectivity index (χ2v) is 4.80. The second-order valence-electron chi connectivity index (χ2n) is 4.80. The van der Waals surface area contributed by atoms with Crippen molar-refractivity contribution in [3.63, 3.8) is 0 Å². The Balaban J connectivity index is 2.18. The normalized spacial score (nSPS) is 21.5. The second kappa shape index (κ2) is 4.98. The number of morpholine rings is 1. The van der Waals surface area contributed by atoms with Crippen LogP contribution in [0.5, 0.6) is 0 Å². The molecular formula is C14H19NO2. The van der Waals surface area contributed by atoms with Crippen LogP contribution >= 0.6 is 0 Å². The minimum atomic E-state index is -0.310. The first-order valence-corrected chi connectivity index (χ1v) is 5.99. The number of rotatable bonds is 2. The maximum absolute atomic E-state index is 12.3. The van der Waals surface area contributed by atoms with Gasteiger partial charge < -0.3 is 9.64 Å². The Morgan fingerprint density at radius 3 is 2.82 bits per heavy atom. The highest BCUT2D eigenvalue weighted by molar-refractivity contribution is 6.01. The number of likely N-dealkylation sites (N-methyl/N-ethyl adjacent to an activating group) is 1. The lowest BCUT2D eigenvalue weighted by molar-refractivity contribution is -0.00865. The van der Waals surface area contributed by atoms with Crippen molar-refractivity contribution >= 4 is 5.78 Å². The zero-order valence-electron chi connectivity index (χ0n) is 10.7. The SMILES string of the molecule is Cc1ccc(C(=O)C2CN(C)CCO2)c(C)c1. The summed E-state index contributed by atoms with van der Waals surface area (Å²) in [5.74, 6) is 0.106. The lowest BCUT2D eigenvalue weighted by Gasteiger charge is -2.29. The van der Waals surface area contributed by atoms with Gasteiger partial charge in [-0.15, -0.1) is 0 Å². The van der Waals surface area contributed by atoms with Crippen LogP contribution in [0.2, 0.25) is 0 Å². The maximum Gasteiger partial charge on any atom is 0.193 e.